The molecule has 1 atom stereocenters. The van der Waals surface area contributed by atoms with Crippen molar-refractivity contribution in [2.75, 3.05) is 33.2 Å². The van der Waals surface area contributed by atoms with Gasteiger partial charge in [-0.15, -0.1) is 0 Å². The summed E-state index contributed by atoms with van der Waals surface area (Å²) < 4.78 is 2.01. The van der Waals surface area contributed by atoms with Crippen molar-refractivity contribution in [3.8, 4) is 0 Å². The maximum atomic E-state index is 12.8. The Balaban J connectivity index is 1.78. The minimum absolute atomic E-state index is 0.0479. The zero-order valence-electron chi connectivity index (χ0n) is 14.5. The molecular weight excluding hydrogens is 308 g/mol. The van der Waals surface area contributed by atoms with Crippen molar-refractivity contribution in [3.05, 3.63) is 18.2 Å². The van der Waals surface area contributed by atoms with Gasteiger partial charge in [-0.25, -0.2) is 9.99 Å². The van der Waals surface area contributed by atoms with Crippen molar-refractivity contribution >= 4 is 17.5 Å². The van der Waals surface area contributed by atoms with Crippen LogP contribution in [-0.2, 0) is 16.6 Å². The van der Waals surface area contributed by atoms with Crippen molar-refractivity contribution in [2.45, 2.75) is 25.8 Å². The molecule has 2 aliphatic heterocycles. The van der Waals surface area contributed by atoms with Crippen molar-refractivity contribution in [2.24, 2.45) is 12.1 Å². The molecule has 3 rings (SSSR count). The van der Waals surface area contributed by atoms with Gasteiger partial charge in [-0.2, -0.15) is 5.10 Å². The summed E-state index contributed by atoms with van der Waals surface area (Å²) in [5.41, 5.74) is 0.473. The molecule has 1 fully saturated rings. The minimum atomic E-state index is -0.0655. The topological polar surface area (TPSA) is 74.0 Å². The van der Waals surface area contributed by atoms with Gasteiger partial charge in [0.1, 0.15) is 11.5 Å². The number of hydrazone groups is 1. The highest BCUT2D eigenvalue weighted by atomic mass is 16.2. The number of aromatic nitrogens is 2. The van der Waals surface area contributed by atoms with E-state index in [4.69, 9.17) is 0 Å². The lowest BCUT2D eigenvalue weighted by Crippen LogP contribution is -2.53. The average Bonchev–Trinajstić information content (AvgIpc) is 3.02. The van der Waals surface area contributed by atoms with Crippen LogP contribution in [0.5, 0.6) is 0 Å². The monoisotopic (exact) mass is 332 g/mol. The summed E-state index contributed by atoms with van der Waals surface area (Å²) in [5.74, 6) is 0.852. The Kier molecular flexibility index (Phi) is 4.66. The third-order valence-electron chi connectivity index (χ3n) is 4.80. The van der Waals surface area contributed by atoms with Crippen molar-refractivity contribution in [3.63, 3.8) is 0 Å². The van der Waals surface area contributed by atoms with E-state index >= 15 is 0 Å². The lowest BCUT2D eigenvalue weighted by Gasteiger charge is -2.40. The SMILES string of the molecule is CCN1CCN(C(=O)C2=NN(C)C(=O)CC2)C[C@H]1c1nccn1C. The first-order valence-electron chi connectivity index (χ1n) is 8.35. The Bertz CT molecular complexity index is 667. The number of aryl methyl sites for hydroxylation is 1. The summed E-state index contributed by atoms with van der Waals surface area (Å²) in [4.78, 5) is 33.0. The van der Waals surface area contributed by atoms with Gasteiger partial charge in [0.25, 0.3) is 5.91 Å². The molecule has 0 radical (unpaired) electrons. The van der Waals surface area contributed by atoms with Crippen LogP contribution in [0, 0.1) is 0 Å². The van der Waals surface area contributed by atoms with E-state index in [9.17, 15) is 9.59 Å². The van der Waals surface area contributed by atoms with Gasteiger partial charge in [-0.05, 0) is 6.54 Å². The van der Waals surface area contributed by atoms with Gasteiger partial charge >= 0.3 is 0 Å². The minimum Gasteiger partial charge on any atom is -0.337 e. The highest BCUT2D eigenvalue weighted by Gasteiger charge is 2.34. The van der Waals surface area contributed by atoms with Gasteiger partial charge in [-0.3, -0.25) is 14.5 Å². The third kappa shape index (κ3) is 3.06. The van der Waals surface area contributed by atoms with Gasteiger partial charge in [-0.1, -0.05) is 6.92 Å². The molecule has 0 unspecified atom stereocenters. The molecule has 2 aliphatic rings. The molecule has 0 aliphatic carbocycles. The summed E-state index contributed by atoms with van der Waals surface area (Å²) in [6.45, 7) is 5.11. The first kappa shape index (κ1) is 16.6. The summed E-state index contributed by atoms with van der Waals surface area (Å²) in [6.07, 6.45) is 4.48. The van der Waals surface area contributed by atoms with Crippen LogP contribution in [0.3, 0.4) is 0 Å². The predicted octanol–water partition coefficient (Wildman–Crippen LogP) is 0.234. The molecule has 3 heterocycles. The largest absolute Gasteiger partial charge is 0.337 e. The van der Waals surface area contributed by atoms with Crippen LogP contribution in [0.25, 0.3) is 0 Å². The molecule has 130 valence electrons. The number of carbonyl (C=O) groups excluding carboxylic acids is 2. The van der Waals surface area contributed by atoms with Crippen molar-refractivity contribution in [1.82, 2.24) is 24.4 Å². The molecule has 1 aromatic rings. The van der Waals surface area contributed by atoms with Gasteiger partial charge in [0.2, 0.25) is 5.91 Å². The molecule has 1 saturated heterocycles. The molecule has 0 aromatic carbocycles. The Morgan fingerprint density at radius 2 is 2.08 bits per heavy atom. The molecule has 0 spiro atoms. The standard InChI is InChI=1S/C16H24N6O2/c1-4-21-9-10-22(11-13(21)15-17-7-8-19(15)2)16(24)12-5-6-14(23)20(3)18-12/h7-8,13H,4-6,9-11H2,1-3H3/t13-/m0/s1. The molecule has 8 heteroatoms. The molecule has 0 N–H and O–H groups in total. The van der Waals surface area contributed by atoms with Crippen LogP contribution in [-0.4, -0.2) is 75.1 Å². The predicted molar refractivity (Wildman–Crippen MR) is 89.2 cm³/mol. The molecule has 1 aromatic heterocycles. The summed E-state index contributed by atoms with van der Waals surface area (Å²) >= 11 is 0. The Labute approximate surface area is 141 Å². The van der Waals surface area contributed by atoms with Gasteiger partial charge in [0.05, 0.1) is 6.04 Å². The number of hydrogen-bond donors (Lipinski definition) is 0. The third-order valence-corrected chi connectivity index (χ3v) is 4.80. The fourth-order valence-electron chi connectivity index (χ4n) is 3.33. The second kappa shape index (κ2) is 6.72. The lowest BCUT2D eigenvalue weighted by atomic mass is 10.1. The van der Waals surface area contributed by atoms with Crippen LogP contribution in [0.15, 0.2) is 17.5 Å². The number of piperazine rings is 1. The van der Waals surface area contributed by atoms with E-state index in [1.165, 1.54) is 5.01 Å². The number of imidazole rings is 1. The highest BCUT2D eigenvalue weighted by molar-refractivity contribution is 6.39. The Morgan fingerprint density at radius 1 is 1.29 bits per heavy atom. The molecule has 0 saturated carbocycles. The summed E-state index contributed by atoms with van der Waals surface area (Å²) in [7, 11) is 3.57. The first-order chi connectivity index (χ1) is 11.5. The van der Waals surface area contributed by atoms with Gasteiger partial charge in [0.15, 0.2) is 0 Å². The number of hydrogen-bond acceptors (Lipinski definition) is 5. The quantitative estimate of drug-likeness (QED) is 0.794. The smallest absolute Gasteiger partial charge is 0.270 e. The summed E-state index contributed by atoms with van der Waals surface area (Å²) in [5, 5.41) is 5.43. The molecule has 2 amide bonds. The van der Waals surface area contributed by atoms with E-state index in [0.29, 0.717) is 31.6 Å². The van der Waals surface area contributed by atoms with E-state index in [2.05, 4.69) is 21.9 Å². The maximum Gasteiger partial charge on any atom is 0.270 e. The average molecular weight is 332 g/mol. The lowest BCUT2D eigenvalue weighted by molar-refractivity contribution is -0.131. The molecule has 0 bridgehead atoms. The van der Waals surface area contributed by atoms with Crippen LogP contribution in [0.1, 0.15) is 31.6 Å². The van der Waals surface area contributed by atoms with E-state index in [-0.39, 0.29) is 17.9 Å². The van der Waals surface area contributed by atoms with Gasteiger partial charge in [0, 0.05) is 59.0 Å². The Hall–Kier alpha value is -2.22. The van der Waals surface area contributed by atoms with Crippen LogP contribution in [0.2, 0.25) is 0 Å². The second-order valence-electron chi connectivity index (χ2n) is 6.26. The van der Waals surface area contributed by atoms with Crippen LogP contribution >= 0.6 is 0 Å². The van der Waals surface area contributed by atoms with E-state index in [0.717, 1.165) is 18.9 Å². The second-order valence-corrected chi connectivity index (χ2v) is 6.26. The van der Waals surface area contributed by atoms with Gasteiger partial charge < -0.3 is 9.47 Å². The zero-order chi connectivity index (χ0) is 17.3. The van der Waals surface area contributed by atoms with E-state index < -0.39 is 0 Å². The van der Waals surface area contributed by atoms with Crippen LogP contribution in [0.4, 0.5) is 0 Å². The van der Waals surface area contributed by atoms with Crippen molar-refractivity contribution < 1.29 is 9.59 Å². The fourth-order valence-corrected chi connectivity index (χ4v) is 3.33. The number of nitrogens with zero attached hydrogens (tertiary/aromatic N) is 6. The fraction of sp³-hybridized carbons (Fsp3) is 0.625. The maximum absolute atomic E-state index is 12.8. The molecule has 24 heavy (non-hydrogen) atoms. The summed E-state index contributed by atoms with van der Waals surface area (Å²) in [6, 6.07) is 0.0799. The molecular formula is C16H24N6O2. The van der Waals surface area contributed by atoms with E-state index in [1.54, 1.807) is 13.2 Å². The number of rotatable bonds is 3. The number of carbonyl (C=O) groups is 2. The number of amides is 2. The normalized spacial score (nSPS) is 22.7. The highest BCUT2D eigenvalue weighted by Crippen LogP contribution is 2.24. The number of likely N-dealkylation sites (N-methyl/N-ethyl adjacent to an activating group) is 1. The van der Waals surface area contributed by atoms with Crippen LogP contribution < -0.4 is 0 Å². The zero-order valence-corrected chi connectivity index (χ0v) is 14.5. The first-order valence-corrected chi connectivity index (χ1v) is 8.35. The van der Waals surface area contributed by atoms with Crippen molar-refractivity contribution in [1.29, 1.82) is 0 Å². The van der Waals surface area contributed by atoms with E-state index in [1.807, 2.05) is 22.7 Å². The Morgan fingerprint density at radius 3 is 2.71 bits per heavy atom. The molecule has 8 nitrogen and oxygen atoms in total.